The van der Waals surface area contributed by atoms with Crippen LogP contribution in [-0.4, -0.2) is 23.0 Å². The van der Waals surface area contributed by atoms with E-state index >= 15 is 0 Å². The van der Waals surface area contributed by atoms with Gasteiger partial charge in [-0.05, 0) is 36.7 Å². The molecule has 0 spiro atoms. The highest BCUT2D eigenvalue weighted by Crippen LogP contribution is 2.29. The molecule has 1 aromatic carbocycles. The molecule has 0 fully saturated rings. The summed E-state index contributed by atoms with van der Waals surface area (Å²) in [6.45, 7) is 7.52. The molecule has 0 N–H and O–H groups in total. The first-order valence-electron chi connectivity index (χ1n) is 6.92. The molecule has 0 amide bonds. The van der Waals surface area contributed by atoms with Crippen molar-refractivity contribution in [2.24, 2.45) is 0 Å². The Balaban J connectivity index is 2.23. The zero-order valence-electron chi connectivity index (χ0n) is 11.5. The minimum Gasteiger partial charge on any atom is -0.299 e. The monoisotopic (exact) mass is 274 g/mol. The van der Waals surface area contributed by atoms with E-state index in [1.54, 1.807) is 0 Å². The molecule has 3 rings (SSSR count). The number of aryl methyl sites for hydroxylation is 1. The van der Waals surface area contributed by atoms with Crippen molar-refractivity contribution in [2.45, 2.75) is 32.7 Å². The van der Waals surface area contributed by atoms with Crippen molar-refractivity contribution in [3.05, 3.63) is 40.6 Å². The van der Waals surface area contributed by atoms with Crippen LogP contribution in [0.1, 0.15) is 29.3 Å². The van der Waals surface area contributed by atoms with Gasteiger partial charge in [0.2, 0.25) is 0 Å². The first-order chi connectivity index (χ1) is 9.22. The van der Waals surface area contributed by atoms with Crippen LogP contribution in [0.2, 0.25) is 0 Å². The standard InChI is InChI=1S/C16H19ClN2/c1-3-19-7-6-16-14(10-19)13(9-17)12-8-11(2)4-5-15(12)18-16/h4-5,8H,3,6-7,9-10H2,1-2H3. The number of likely N-dealkylation sites (N-methyl/N-ethyl adjacent to an activating group) is 1. The zero-order valence-corrected chi connectivity index (χ0v) is 12.3. The van der Waals surface area contributed by atoms with Crippen LogP contribution in [0.15, 0.2) is 18.2 Å². The van der Waals surface area contributed by atoms with Gasteiger partial charge in [0.25, 0.3) is 0 Å². The Morgan fingerprint density at radius 1 is 1.37 bits per heavy atom. The van der Waals surface area contributed by atoms with Crippen LogP contribution in [-0.2, 0) is 18.8 Å². The normalized spacial score (nSPS) is 15.7. The van der Waals surface area contributed by atoms with Gasteiger partial charge in [0, 0.05) is 36.5 Å². The predicted octanol–water partition coefficient (Wildman–Crippen LogP) is 3.66. The fourth-order valence-corrected chi connectivity index (χ4v) is 3.23. The average molecular weight is 275 g/mol. The van der Waals surface area contributed by atoms with Gasteiger partial charge in [0.05, 0.1) is 5.52 Å². The van der Waals surface area contributed by atoms with Gasteiger partial charge < -0.3 is 0 Å². The molecule has 0 radical (unpaired) electrons. The molecule has 2 nitrogen and oxygen atoms in total. The molecule has 100 valence electrons. The Hall–Kier alpha value is -1.12. The lowest BCUT2D eigenvalue weighted by Crippen LogP contribution is -2.31. The number of hydrogen-bond donors (Lipinski definition) is 0. The Morgan fingerprint density at radius 2 is 2.21 bits per heavy atom. The van der Waals surface area contributed by atoms with Gasteiger partial charge in [-0.15, -0.1) is 11.6 Å². The minimum atomic E-state index is 0.572. The second-order valence-corrected chi connectivity index (χ2v) is 5.56. The van der Waals surface area contributed by atoms with Crippen LogP contribution in [0.5, 0.6) is 0 Å². The van der Waals surface area contributed by atoms with Gasteiger partial charge in [-0.25, -0.2) is 0 Å². The van der Waals surface area contributed by atoms with Crippen LogP contribution in [0.3, 0.4) is 0 Å². The van der Waals surface area contributed by atoms with E-state index in [4.69, 9.17) is 16.6 Å². The molecule has 2 aromatic rings. The Bertz CT molecular complexity index is 622. The minimum absolute atomic E-state index is 0.572. The first-order valence-corrected chi connectivity index (χ1v) is 7.45. The molecule has 1 aliphatic heterocycles. The van der Waals surface area contributed by atoms with Gasteiger partial charge in [-0.1, -0.05) is 18.6 Å². The summed E-state index contributed by atoms with van der Waals surface area (Å²) in [6.07, 6.45) is 1.04. The average Bonchev–Trinajstić information content (AvgIpc) is 2.44. The number of aromatic nitrogens is 1. The molecule has 0 aliphatic carbocycles. The summed E-state index contributed by atoms with van der Waals surface area (Å²) in [6, 6.07) is 6.46. The summed E-state index contributed by atoms with van der Waals surface area (Å²) in [5, 5.41) is 1.23. The summed E-state index contributed by atoms with van der Waals surface area (Å²) in [5.74, 6) is 0.572. The van der Waals surface area contributed by atoms with Gasteiger partial charge in [0.1, 0.15) is 0 Å². The molecule has 2 heterocycles. The predicted molar refractivity (Wildman–Crippen MR) is 80.7 cm³/mol. The quantitative estimate of drug-likeness (QED) is 0.777. The Morgan fingerprint density at radius 3 is 2.95 bits per heavy atom. The van der Waals surface area contributed by atoms with Crippen molar-refractivity contribution in [1.29, 1.82) is 0 Å². The lowest BCUT2D eigenvalue weighted by Gasteiger charge is -2.29. The third-order valence-corrected chi connectivity index (χ3v) is 4.34. The summed E-state index contributed by atoms with van der Waals surface area (Å²) in [4.78, 5) is 7.31. The number of pyridine rings is 1. The van der Waals surface area contributed by atoms with E-state index in [0.717, 1.165) is 31.6 Å². The van der Waals surface area contributed by atoms with E-state index < -0.39 is 0 Å². The van der Waals surface area contributed by atoms with Crippen LogP contribution in [0.4, 0.5) is 0 Å². The molecule has 0 atom stereocenters. The topological polar surface area (TPSA) is 16.1 Å². The second-order valence-electron chi connectivity index (χ2n) is 5.29. The molecule has 1 aliphatic rings. The van der Waals surface area contributed by atoms with Crippen molar-refractivity contribution < 1.29 is 0 Å². The molecule has 19 heavy (non-hydrogen) atoms. The maximum Gasteiger partial charge on any atom is 0.0708 e. The highest BCUT2D eigenvalue weighted by molar-refractivity contribution is 6.18. The van der Waals surface area contributed by atoms with E-state index in [9.17, 15) is 0 Å². The Kier molecular flexibility index (Phi) is 3.46. The summed E-state index contributed by atoms with van der Waals surface area (Å²) in [5.41, 5.74) is 6.25. The molecule has 3 heteroatoms. The fraction of sp³-hybridized carbons (Fsp3) is 0.438. The van der Waals surface area contributed by atoms with Gasteiger partial charge >= 0.3 is 0 Å². The lowest BCUT2D eigenvalue weighted by atomic mass is 9.96. The van der Waals surface area contributed by atoms with Crippen molar-refractivity contribution in [3.63, 3.8) is 0 Å². The number of benzene rings is 1. The maximum absolute atomic E-state index is 6.24. The lowest BCUT2D eigenvalue weighted by molar-refractivity contribution is 0.265. The van der Waals surface area contributed by atoms with E-state index in [1.807, 2.05) is 0 Å². The second kappa shape index (κ2) is 5.10. The molecule has 0 saturated carbocycles. The summed E-state index contributed by atoms with van der Waals surface area (Å²) >= 11 is 6.24. The van der Waals surface area contributed by atoms with Crippen LogP contribution in [0, 0.1) is 6.92 Å². The van der Waals surface area contributed by atoms with Crippen molar-refractivity contribution in [1.82, 2.24) is 9.88 Å². The van der Waals surface area contributed by atoms with E-state index in [0.29, 0.717) is 5.88 Å². The summed E-state index contributed by atoms with van der Waals surface area (Å²) in [7, 11) is 0. The van der Waals surface area contributed by atoms with Crippen LogP contribution < -0.4 is 0 Å². The number of rotatable bonds is 2. The molecular weight excluding hydrogens is 256 g/mol. The van der Waals surface area contributed by atoms with Gasteiger partial charge in [-0.2, -0.15) is 0 Å². The summed E-state index contributed by atoms with van der Waals surface area (Å²) < 4.78 is 0. The smallest absolute Gasteiger partial charge is 0.0708 e. The van der Waals surface area contributed by atoms with Gasteiger partial charge in [0.15, 0.2) is 0 Å². The van der Waals surface area contributed by atoms with Crippen LogP contribution in [0.25, 0.3) is 10.9 Å². The molecule has 0 bridgehead atoms. The number of halogens is 1. The number of alkyl halides is 1. The maximum atomic E-state index is 6.24. The number of nitrogens with zero attached hydrogens (tertiary/aromatic N) is 2. The number of fused-ring (bicyclic) bond motifs is 2. The van der Waals surface area contributed by atoms with E-state index in [-0.39, 0.29) is 0 Å². The highest BCUT2D eigenvalue weighted by atomic mass is 35.5. The Labute approximate surface area is 119 Å². The zero-order chi connectivity index (χ0) is 13.4. The van der Waals surface area contributed by atoms with Gasteiger partial charge in [-0.3, -0.25) is 9.88 Å². The third-order valence-electron chi connectivity index (χ3n) is 4.07. The molecule has 1 aromatic heterocycles. The first kappa shape index (κ1) is 12.9. The number of hydrogen-bond acceptors (Lipinski definition) is 2. The van der Waals surface area contributed by atoms with Crippen molar-refractivity contribution in [2.75, 3.05) is 13.1 Å². The largest absolute Gasteiger partial charge is 0.299 e. The van der Waals surface area contributed by atoms with Crippen LogP contribution >= 0.6 is 11.6 Å². The van der Waals surface area contributed by atoms with Crippen molar-refractivity contribution >= 4 is 22.5 Å². The molecule has 0 saturated heterocycles. The SMILES string of the molecule is CCN1CCc2nc3ccc(C)cc3c(CCl)c2C1. The van der Waals surface area contributed by atoms with E-state index in [1.165, 1.54) is 27.8 Å². The molecular formula is C16H19ClN2. The van der Waals surface area contributed by atoms with E-state index in [2.05, 4.69) is 36.9 Å². The molecule has 0 unspecified atom stereocenters. The third kappa shape index (κ3) is 2.24. The van der Waals surface area contributed by atoms with Crippen molar-refractivity contribution in [3.8, 4) is 0 Å². The highest BCUT2D eigenvalue weighted by Gasteiger charge is 2.21. The fourth-order valence-electron chi connectivity index (χ4n) is 2.92.